The molecule has 3 saturated carbocycles. The minimum Gasteiger partial charge on any atom is -0.480 e. The normalized spacial score (nSPS) is 28.6. The van der Waals surface area contributed by atoms with E-state index in [1.54, 1.807) is 64.4 Å². The van der Waals surface area contributed by atoms with Gasteiger partial charge in [0.15, 0.2) is 34.0 Å². The molecule has 0 radical (unpaired) electrons. The van der Waals surface area contributed by atoms with Crippen LogP contribution in [0.2, 0.25) is 0 Å². The number of carboxylic acids is 2. The number of alkyl halides is 1. The van der Waals surface area contributed by atoms with Gasteiger partial charge in [-0.15, -0.1) is 0 Å². The zero-order valence-electron chi connectivity index (χ0n) is 48.1. The minimum absolute atomic E-state index is 0.0142. The maximum atomic E-state index is 17.5. The Hall–Kier alpha value is -7.58. The summed E-state index contributed by atoms with van der Waals surface area (Å²) in [5, 5.41) is 54.9. The first-order valence-electron chi connectivity index (χ1n) is 29.0. The Morgan fingerprint density at radius 3 is 2.40 bits per heavy atom. The lowest BCUT2D eigenvalue weighted by Gasteiger charge is -2.62. The molecule has 85 heavy (non-hydrogen) atoms. The summed E-state index contributed by atoms with van der Waals surface area (Å²) in [5.41, 5.74) is 8.56. The van der Waals surface area contributed by atoms with Crippen LogP contribution in [0.5, 0.6) is 0 Å². The van der Waals surface area contributed by atoms with E-state index in [2.05, 4.69) is 41.2 Å². The summed E-state index contributed by atoms with van der Waals surface area (Å²) in [6, 6.07) is 3.73. The van der Waals surface area contributed by atoms with Crippen molar-refractivity contribution in [2.24, 2.45) is 28.6 Å². The highest BCUT2D eigenvalue weighted by Gasteiger charge is 2.76. The predicted octanol–water partition coefficient (Wildman–Crippen LogP) is 3.28. The molecule has 1 aromatic carbocycles. The number of nitrogens with two attached hydrogens (primary N) is 2. The number of aliphatic carboxylic acids is 2. The topological polar surface area (TPSA) is 376 Å². The largest absolute Gasteiger partial charge is 0.480 e. The number of unbranched alkanes of at least 4 members (excludes halogenated alkanes) is 3. The summed E-state index contributed by atoms with van der Waals surface area (Å²) in [5.74, 6) is -6.05. The van der Waals surface area contributed by atoms with Crippen molar-refractivity contribution in [2.75, 3.05) is 48.0 Å². The van der Waals surface area contributed by atoms with E-state index in [9.17, 15) is 58.8 Å². The van der Waals surface area contributed by atoms with Crippen molar-refractivity contribution in [3.63, 3.8) is 0 Å². The second-order valence-corrected chi connectivity index (χ2v) is 25.0. The van der Waals surface area contributed by atoms with E-state index >= 15 is 4.39 Å². The SMILES string of the molecule is C[C@@H]1C[C@H]2C3CCC4=CC(=O)C=C[C@]4(C)[C@@]3(F)[C@@H](O)C[C@]2(C)[C@@]1(O)C(=O)NCCCCCCC(=O)N[C@@H]1C(=O)N2C(C(=O)O)=C(CSCCNC(=O)CC[C@H](NC(=O)c3ccc(N(C)Cc4cnc5nc(N)nc(N)c5n4)cc3)C(=O)O)CC[C@H]12. The number of nitrogens with one attached hydrogen (secondary N) is 4. The number of β-lactam (4-membered cyclic amide) rings is 1. The van der Waals surface area contributed by atoms with Crippen molar-refractivity contribution in [3.05, 3.63) is 76.8 Å². The number of aliphatic hydroxyl groups excluding tert-OH is 1. The number of halogens is 1. The molecule has 1 saturated heterocycles. The molecule has 1 unspecified atom stereocenters. The van der Waals surface area contributed by atoms with Gasteiger partial charge in [-0.05, 0) is 119 Å². The number of benzene rings is 1. The summed E-state index contributed by atoms with van der Waals surface area (Å²) in [6.45, 7) is 6.09. The monoisotopic (exact) mass is 1190 g/mol. The van der Waals surface area contributed by atoms with Crippen molar-refractivity contribution in [1.82, 2.24) is 46.1 Å². The van der Waals surface area contributed by atoms with Gasteiger partial charge < -0.3 is 58.1 Å². The summed E-state index contributed by atoms with van der Waals surface area (Å²) in [6.07, 6.45) is 8.57. The molecule has 0 spiro atoms. The minimum atomic E-state index is -2.07. The molecule has 456 valence electrons. The maximum Gasteiger partial charge on any atom is 0.352 e. The lowest BCUT2D eigenvalue weighted by molar-refractivity contribution is -0.219. The molecule has 26 heteroatoms. The lowest BCUT2D eigenvalue weighted by atomic mass is 9.44. The van der Waals surface area contributed by atoms with Gasteiger partial charge in [-0.25, -0.2) is 23.9 Å². The number of hydrogen-bond acceptors (Lipinski definition) is 18. The molecular weight excluding hydrogens is 1120 g/mol. The standard InChI is InChI=1S/C59H75FN12O12S/c1-31-25-39-38-16-13-34-26-37(73)20-21-56(34,2)58(38,60)42(74)27-57(39,3)59(31,84)54(83)64-22-8-6-5-7-9-44(76)68-45-41-18-12-33(47(53(81)82)72(41)51(45)78)30-85-24-23-63-43(75)19-17-40(52(79)80)67-50(77)32-10-14-36(15-11-32)71(4)29-35-28-65-49-46(66-35)48(61)69-55(62)70-49/h10-11,14-15,20-21,26,28,31,38-42,45,74,84H,5-9,12-13,16-19,22-25,27,29-30H2,1-4H3,(H,63,75)(H,64,83)(H,67,77)(H,68,76)(H,79,80)(H,81,82)(H4,61,62,65,69,70)/t31-,38?,39+,40+,41-,42+,45+,56+,57+,58+,59+/m1/s1. The van der Waals surface area contributed by atoms with Gasteiger partial charge in [0.05, 0.1) is 30.6 Å². The molecular formula is C59H75FN12O12S. The number of aromatic nitrogens is 4. The van der Waals surface area contributed by atoms with Crippen molar-refractivity contribution in [3.8, 4) is 0 Å². The van der Waals surface area contributed by atoms with Crippen molar-refractivity contribution < 1.29 is 63.2 Å². The van der Waals surface area contributed by atoms with E-state index in [0.717, 1.165) is 5.69 Å². The molecule has 4 fully saturated rings. The molecule has 9 rings (SSSR count). The van der Waals surface area contributed by atoms with E-state index in [-0.39, 0.29) is 90.8 Å². The van der Waals surface area contributed by atoms with Crippen LogP contribution in [0.15, 0.2) is 65.5 Å². The summed E-state index contributed by atoms with van der Waals surface area (Å²) in [4.78, 5) is 123. The molecule has 5 amide bonds. The maximum absolute atomic E-state index is 17.5. The Morgan fingerprint density at radius 1 is 0.929 bits per heavy atom. The summed E-state index contributed by atoms with van der Waals surface area (Å²) in [7, 11) is 1.81. The molecule has 3 aromatic rings. The first-order valence-corrected chi connectivity index (χ1v) is 30.1. The lowest BCUT2D eigenvalue weighted by Crippen LogP contribution is -2.71. The van der Waals surface area contributed by atoms with Crippen LogP contribution in [0.3, 0.4) is 0 Å². The van der Waals surface area contributed by atoms with Crippen LogP contribution in [0, 0.1) is 28.6 Å². The number of anilines is 3. The van der Waals surface area contributed by atoms with E-state index in [1.165, 1.54) is 28.8 Å². The Bertz CT molecular complexity index is 3280. The summed E-state index contributed by atoms with van der Waals surface area (Å²) >= 11 is 1.36. The van der Waals surface area contributed by atoms with Gasteiger partial charge in [0.1, 0.15) is 17.8 Å². The molecule has 24 nitrogen and oxygen atoms in total. The van der Waals surface area contributed by atoms with Crippen LogP contribution in [0.25, 0.3) is 11.2 Å². The number of aliphatic hydroxyl groups is 2. The highest BCUT2D eigenvalue weighted by atomic mass is 32.2. The second-order valence-electron chi connectivity index (χ2n) is 23.9. The zero-order chi connectivity index (χ0) is 61.3. The number of carbonyl (C=O) groups is 8. The fourth-order valence-corrected chi connectivity index (χ4v) is 15.2. The number of nitrogens with zero attached hydrogens (tertiary/aromatic N) is 6. The first-order chi connectivity index (χ1) is 40.3. The zero-order valence-corrected chi connectivity index (χ0v) is 48.9. The second kappa shape index (κ2) is 24.8. The number of allylic oxidation sites excluding steroid dienone is 4. The van der Waals surface area contributed by atoms with Gasteiger partial charge in [-0.1, -0.05) is 38.3 Å². The average Bonchev–Trinajstić information content (AvgIpc) is 1.64. The Labute approximate surface area is 494 Å². The molecule has 4 heterocycles. The van der Waals surface area contributed by atoms with E-state index < -0.39 is 93.7 Å². The third kappa shape index (κ3) is 11.8. The van der Waals surface area contributed by atoms with Gasteiger partial charge in [0.2, 0.25) is 17.8 Å². The van der Waals surface area contributed by atoms with Crippen molar-refractivity contribution in [2.45, 2.75) is 146 Å². The predicted molar refractivity (Wildman–Crippen MR) is 311 cm³/mol. The number of thioether (sulfide) groups is 1. The Morgan fingerprint density at radius 2 is 1.67 bits per heavy atom. The van der Waals surface area contributed by atoms with Crippen LogP contribution in [0.1, 0.15) is 120 Å². The molecule has 4 aliphatic carbocycles. The van der Waals surface area contributed by atoms with E-state index in [1.807, 2.05) is 4.90 Å². The highest BCUT2D eigenvalue weighted by Crippen LogP contribution is 2.70. The van der Waals surface area contributed by atoms with Gasteiger partial charge >= 0.3 is 11.9 Å². The van der Waals surface area contributed by atoms with E-state index in [0.29, 0.717) is 92.4 Å². The Kier molecular flexibility index (Phi) is 18.1. The highest BCUT2D eigenvalue weighted by molar-refractivity contribution is 7.99. The number of amides is 5. The fourth-order valence-electron chi connectivity index (χ4n) is 14.2. The smallest absolute Gasteiger partial charge is 0.352 e. The van der Waals surface area contributed by atoms with Gasteiger partial charge in [0, 0.05) is 72.5 Å². The number of carboxylic acid groups (broad SMARTS) is 2. The Balaban J connectivity index is 0.649. The molecule has 2 aromatic heterocycles. The molecule has 11 atom stereocenters. The number of fused-ring (bicyclic) bond motifs is 7. The third-order valence-electron chi connectivity index (χ3n) is 18.8. The number of hydrogen-bond donors (Lipinski definition) is 10. The molecule has 12 N–H and O–H groups in total. The number of ketones is 1. The van der Waals surface area contributed by atoms with Crippen molar-refractivity contribution in [1.29, 1.82) is 0 Å². The van der Waals surface area contributed by atoms with Crippen LogP contribution in [-0.2, 0) is 40.1 Å². The summed E-state index contributed by atoms with van der Waals surface area (Å²) < 4.78 is 17.5. The number of nitrogen functional groups attached to an aromatic ring is 2. The molecule has 6 aliphatic rings. The molecule has 2 aliphatic heterocycles. The number of rotatable bonds is 24. The van der Waals surface area contributed by atoms with Crippen LogP contribution in [0.4, 0.5) is 21.8 Å². The first kappa shape index (κ1) is 62.0. The van der Waals surface area contributed by atoms with Gasteiger partial charge in [-0.2, -0.15) is 21.7 Å². The number of carbonyl (C=O) groups excluding carboxylic acids is 6. The van der Waals surface area contributed by atoms with E-state index in [4.69, 9.17) is 11.5 Å². The van der Waals surface area contributed by atoms with Crippen LogP contribution in [-0.4, -0.2) is 160 Å². The van der Waals surface area contributed by atoms with Crippen molar-refractivity contribution >= 4 is 87.6 Å². The van der Waals surface area contributed by atoms with Crippen LogP contribution < -0.4 is 37.6 Å². The van der Waals surface area contributed by atoms with Crippen LogP contribution >= 0.6 is 11.8 Å². The fraction of sp³-hybridized carbons (Fsp3) is 0.559. The average molecular weight is 1200 g/mol. The van der Waals surface area contributed by atoms with Gasteiger partial charge in [-0.3, -0.25) is 33.7 Å². The quantitative estimate of drug-likeness (QED) is 0.0454. The third-order valence-corrected chi connectivity index (χ3v) is 19.9. The molecule has 0 bridgehead atoms. The van der Waals surface area contributed by atoms with Gasteiger partial charge in [0.25, 0.3) is 17.7 Å².